The fraction of sp³-hybridized carbons (Fsp3) is 0.588. The molecule has 0 bridgehead atoms. The molecule has 114 valence electrons. The zero-order valence-corrected chi connectivity index (χ0v) is 13.8. The van der Waals surface area contributed by atoms with Crippen LogP contribution in [-0.4, -0.2) is 35.6 Å². The maximum absolute atomic E-state index is 12.6. The first-order valence-electron chi connectivity index (χ1n) is 7.50. The lowest BCUT2D eigenvalue weighted by Gasteiger charge is -2.33. The van der Waals surface area contributed by atoms with E-state index < -0.39 is 0 Å². The van der Waals surface area contributed by atoms with Crippen LogP contribution in [0.15, 0.2) is 6.07 Å². The normalized spacial score (nSPS) is 21.5. The molecule has 0 aromatic carbocycles. The van der Waals surface area contributed by atoms with E-state index in [-0.39, 0.29) is 12.5 Å². The van der Waals surface area contributed by atoms with Crippen LogP contribution in [0.3, 0.4) is 0 Å². The van der Waals surface area contributed by atoms with Gasteiger partial charge in [-0.05, 0) is 50.2 Å². The summed E-state index contributed by atoms with van der Waals surface area (Å²) < 4.78 is 0. The predicted molar refractivity (Wildman–Crippen MR) is 86.5 cm³/mol. The van der Waals surface area contributed by atoms with E-state index in [9.17, 15) is 4.79 Å². The second-order valence-electron chi connectivity index (χ2n) is 5.91. The third kappa shape index (κ3) is 3.87. The molecule has 21 heavy (non-hydrogen) atoms. The average molecular weight is 305 g/mol. The second-order valence-corrected chi connectivity index (χ2v) is 6.96. The van der Waals surface area contributed by atoms with E-state index in [0.29, 0.717) is 6.04 Å². The molecule has 3 nitrogen and oxygen atoms in total. The average Bonchev–Trinajstić information content (AvgIpc) is 2.85. The Balaban J connectivity index is 2.09. The van der Waals surface area contributed by atoms with Gasteiger partial charge in [-0.3, -0.25) is 4.79 Å². The van der Waals surface area contributed by atoms with Crippen LogP contribution in [0.2, 0.25) is 0 Å². The van der Waals surface area contributed by atoms with Gasteiger partial charge in [0, 0.05) is 13.1 Å². The number of aliphatic hydroxyl groups is 1. The molecule has 1 aliphatic carbocycles. The largest absolute Gasteiger partial charge is 0.384 e. The molecule has 1 aliphatic rings. The maximum Gasteiger partial charge on any atom is 0.263 e. The van der Waals surface area contributed by atoms with Gasteiger partial charge in [-0.15, -0.1) is 11.3 Å². The monoisotopic (exact) mass is 305 g/mol. The maximum atomic E-state index is 12.6. The summed E-state index contributed by atoms with van der Waals surface area (Å²) in [7, 11) is 1.91. The molecule has 1 aromatic heterocycles. The van der Waals surface area contributed by atoms with Crippen LogP contribution >= 0.6 is 11.3 Å². The summed E-state index contributed by atoms with van der Waals surface area (Å²) in [4.78, 5) is 16.1. The zero-order valence-electron chi connectivity index (χ0n) is 13.0. The van der Waals surface area contributed by atoms with Gasteiger partial charge >= 0.3 is 0 Å². The van der Waals surface area contributed by atoms with Gasteiger partial charge in [-0.2, -0.15) is 0 Å². The van der Waals surface area contributed by atoms with Gasteiger partial charge in [0.1, 0.15) is 6.61 Å². The number of rotatable bonds is 2. The number of hydrogen-bond acceptors (Lipinski definition) is 3. The number of thiophene rings is 1. The van der Waals surface area contributed by atoms with Crippen molar-refractivity contribution in [1.29, 1.82) is 0 Å². The van der Waals surface area contributed by atoms with E-state index in [1.165, 1.54) is 24.2 Å². The van der Waals surface area contributed by atoms with Crippen molar-refractivity contribution in [2.75, 3.05) is 13.7 Å². The minimum absolute atomic E-state index is 0.0969. The molecule has 0 radical (unpaired) electrons. The number of aryl methyl sites for hydroxylation is 1. The lowest BCUT2D eigenvalue weighted by molar-refractivity contribution is 0.0684. The first-order valence-corrected chi connectivity index (χ1v) is 8.32. The van der Waals surface area contributed by atoms with Crippen molar-refractivity contribution in [3.05, 3.63) is 21.4 Å². The number of nitrogens with zero attached hydrogens (tertiary/aromatic N) is 1. The summed E-state index contributed by atoms with van der Waals surface area (Å²) >= 11 is 1.42. The Labute approximate surface area is 131 Å². The molecule has 0 aliphatic heterocycles. The highest BCUT2D eigenvalue weighted by Crippen LogP contribution is 2.29. The number of aliphatic hydroxyl groups excluding tert-OH is 1. The quantitative estimate of drug-likeness (QED) is 0.853. The Bertz CT molecular complexity index is 559. The molecule has 2 rings (SSSR count). The molecule has 0 spiro atoms. The standard InChI is InChI=1S/C17H23NO2S/c1-12-6-8-14(9-7-12)18(3)17(20)16-11-13(2)15(21-16)5-4-10-19/h11-12,14,19H,6-10H2,1-3H3. The summed E-state index contributed by atoms with van der Waals surface area (Å²) in [5.41, 5.74) is 1.01. The Hall–Kier alpha value is -1.31. The molecule has 0 saturated heterocycles. The third-order valence-corrected chi connectivity index (χ3v) is 5.40. The Morgan fingerprint density at radius 2 is 2.10 bits per heavy atom. The first-order chi connectivity index (χ1) is 10.0. The zero-order chi connectivity index (χ0) is 15.4. The fourth-order valence-corrected chi connectivity index (χ4v) is 3.83. The highest BCUT2D eigenvalue weighted by Gasteiger charge is 2.26. The summed E-state index contributed by atoms with van der Waals surface area (Å²) in [5, 5.41) is 8.77. The summed E-state index contributed by atoms with van der Waals surface area (Å²) in [6.07, 6.45) is 4.62. The molecule has 4 heteroatoms. The van der Waals surface area contributed by atoms with Crippen LogP contribution in [0.1, 0.15) is 52.7 Å². The molecule has 0 unspecified atom stereocenters. The topological polar surface area (TPSA) is 40.5 Å². The van der Waals surface area contributed by atoms with E-state index in [1.54, 1.807) is 0 Å². The van der Waals surface area contributed by atoms with E-state index in [2.05, 4.69) is 18.8 Å². The Morgan fingerprint density at radius 1 is 1.43 bits per heavy atom. The first kappa shape index (κ1) is 16.1. The van der Waals surface area contributed by atoms with E-state index in [1.807, 2.05) is 24.9 Å². The van der Waals surface area contributed by atoms with E-state index >= 15 is 0 Å². The van der Waals surface area contributed by atoms with Crippen molar-refractivity contribution in [2.24, 2.45) is 5.92 Å². The highest BCUT2D eigenvalue weighted by molar-refractivity contribution is 7.14. The van der Waals surface area contributed by atoms with Crippen LogP contribution in [0.4, 0.5) is 0 Å². The molecule has 1 saturated carbocycles. The van der Waals surface area contributed by atoms with E-state index in [0.717, 1.165) is 34.1 Å². The number of carbonyl (C=O) groups is 1. The Morgan fingerprint density at radius 3 is 2.71 bits per heavy atom. The van der Waals surface area contributed by atoms with Gasteiger partial charge < -0.3 is 10.0 Å². The molecular formula is C17H23NO2S. The van der Waals surface area contributed by atoms with Crippen molar-refractivity contribution in [2.45, 2.75) is 45.6 Å². The fourth-order valence-electron chi connectivity index (χ4n) is 2.80. The second kappa shape index (κ2) is 7.11. The number of amides is 1. The van der Waals surface area contributed by atoms with Gasteiger partial charge in [-0.1, -0.05) is 18.8 Å². The van der Waals surface area contributed by atoms with Crippen molar-refractivity contribution >= 4 is 17.2 Å². The van der Waals surface area contributed by atoms with Gasteiger partial charge in [0.25, 0.3) is 5.91 Å². The third-order valence-electron chi connectivity index (χ3n) is 4.26. The smallest absolute Gasteiger partial charge is 0.263 e. The van der Waals surface area contributed by atoms with Crippen molar-refractivity contribution in [3.63, 3.8) is 0 Å². The van der Waals surface area contributed by atoms with Crippen LogP contribution in [-0.2, 0) is 0 Å². The highest BCUT2D eigenvalue weighted by atomic mass is 32.1. The molecule has 1 aromatic rings. The van der Waals surface area contributed by atoms with Gasteiger partial charge in [0.15, 0.2) is 0 Å². The lowest BCUT2D eigenvalue weighted by atomic mass is 9.87. The summed E-state index contributed by atoms with van der Waals surface area (Å²) in [5.74, 6) is 6.44. The minimum Gasteiger partial charge on any atom is -0.384 e. The van der Waals surface area contributed by atoms with Crippen LogP contribution in [0.25, 0.3) is 0 Å². The number of hydrogen-bond donors (Lipinski definition) is 1. The van der Waals surface area contributed by atoms with Crippen LogP contribution < -0.4 is 0 Å². The molecule has 1 amide bonds. The van der Waals surface area contributed by atoms with Crippen LogP contribution in [0.5, 0.6) is 0 Å². The SMILES string of the molecule is Cc1cc(C(=O)N(C)C2CCC(C)CC2)sc1C#CCO. The lowest BCUT2D eigenvalue weighted by Crippen LogP contribution is -2.38. The molecule has 1 N–H and O–H groups in total. The van der Waals surface area contributed by atoms with Gasteiger partial charge in [0.05, 0.1) is 9.75 Å². The molecule has 1 fully saturated rings. The minimum atomic E-state index is -0.152. The summed E-state index contributed by atoms with van der Waals surface area (Å²) in [6.45, 7) is 4.09. The van der Waals surface area contributed by atoms with Crippen molar-refractivity contribution in [3.8, 4) is 11.8 Å². The number of carbonyl (C=O) groups excluding carboxylic acids is 1. The van der Waals surface area contributed by atoms with E-state index in [4.69, 9.17) is 5.11 Å². The molecular weight excluding hydrogens is 282 g/mol. The van der Waals surface area contributed by atoms with Crippen LogP contribution in [0, 0.1) is 24.7 Å². The Kier molecular flexibility index (Phi) is 5.44. The molecule has 1 heterocycles. The van der Waals surface area contributed by atoms with Gasteiger partial charge in [-0.25, -0.2) is 0 Å². The van der Waals surface area contributed by atoms with Gasteiger partial charge in [0.2, 0.25) is 0 Å². The summed E-state index contributed by atoms with van der Waals surface area (Å²) in [6, 6.07) is 2.28. The predicted octanol–water partition coefficient (Wildman–Crippen LogP) is 3.05. The molecule has 0 atom stereocenters. The van der Waals surface area contributed by atoms with Crippen molar-refractivity contribution < 1.29 is 9.90 Å². The van der Waals surface area contributed by atoms with Crippen molar-refractivity contribution in [1.82, 2.24) is 4.90 Å².